The van der Waals surface area contributed by atoms with Crippen LogP contribution in [0.3, 0.4) is 0 Å². The highest BCUT2D eigenvalue weighted by Crippen LogP contribution is 1.79. The molecule has 0 bridgehead atoms. The van der Waals surface area contributed by atoms with Gasteiger partial charge in [-0.25, -0.2) is 9.59 Å². The number of rotatable bonds is 4. The second-order valence-electron chi connectivity index (χ2n) is 2.12. The summed E-state index contributed by atoms with van der Waals surface area (Å²) in [5, 5.41) is 8.18. The standard InChI is InChI=1S/C6H10O3.C4H6O2/c1-2-3-6(8)9-5-4-7;1-3-4(5)6-2/h2-3,7H,4-5H2,1H3;3H,1H2,2H3. The Bertz CT molecular complexity index is 220. The number of aliphatic hydroxyl groups is 1. The molecule has 0 aliphatic heterocycles. The molecular weight excluding hydrogens is 200 g/mol. The maximum absolute atomic E-state index is 10.4. The highest BCUT2D eigenvalue weighted by molar-refractivity contribution is 5.81. The Morgan fingerprint density at radius 2 is 2.00 bits per heavy atom. The molecule has 5 nitrogen and oxygen atoms in total. The van der Waals surface area contributed by atoms with Gasteiger partial charge >= 0.3 is 11.9 Å². The van der Waals surface area contributed by atoms with Gasteiger partial charge in [-0.15, -0.1) is 0 Å². The second kappa shape index (κ2) is 12.4. The highest BCUT2D eigenvalue weighted by atomic mass is 16.5. The normalized spacial score (nSPS) is 8.73. The first-order chi connectivity index (χ1) is 7.12. The van der Waals surface area contributed by atoms with Gasteiger partial charge in [-0.1, -0.05) is 12.7 Å². The summed E-state index contributed by atoms with van der Waals surface area (Å²) < 4.78 is 8.60. The van der Waals surface area contributed by atoms with E-state index in [0.29, 0.717) is 0 Å². The van der Waals surface area contributed by atoms with Crippen molar-refractivity contribution in [2.45, 2.75) is 6.92 Å². The van der Waals surface area contributed by atoms with E-state index in [4.69, 9.17) is 5.11 Å². The Hall–Kier alpha value is -1.62. The van der Waals surface area contributed by atoms with Crippen LogP contribution >= 0.6 is 0 Å². The zero-order valence-corrected chi connectivity index (χ0v) is 8.93. The summed E-state index contributed by atoms with van der Waals surface area (Å²) in [4.78, 5) is 20.2. The van der Waals surface area contributed by atoms with Gasteiger partial charge in [0, 0.05) is 12.2 Å². The number of ether oxygens (including phenoxy) is 2. The fourth-order valence-corrected chi connectivity index (χ4v) is 0.414. The van der Waals surface area contributed by atoms with E-state index in [0.717, 1.165) is 6.08 Å². The monoisotopic (exact) mass is 216 g/mol. The second-order valence-corrected chi connectivity index (χ2v) is 2.12. The van der Waals surface area contributed by atoms with Gasteiger partial charge in [-0.05, 0) is 6.92 Å². The lowest BCUT2D eigenvalue weighted by atomic mass is 10.5. The van der Waals surface area contributed by atoms with Crippen molar-refractivity contribution in [3.8, 4) is 0 Å². The molecule has 1 N–H and O–H groups in total. The van der Waals surface area contributed by atoms with Crippen LogP contribution in [-0.2, 0) is 19.1 Å². The van der Waals surface area contributed by atoms with E-state index in [1.54, 1.807) is 13.0 Å². The van der Waals surface area contributed by atoms with E-state index < -0.39 is 11.9 Å². The van der Waals surface area contributed by atoms with E-state index in [2.05, 4.69) is 16.1 Å². The van der Waals surface area contributed by atoms with Gasteiger partial charge in [-0.3, -0.25) is 0 Å². The predicted octanol–water partition coefficient (Wildman–Crippen LogP) is 0.443. The van der Waals surface area contributed by atoms with Crippen LogP contribution in [0, 0.1) is 0 Å². The van der Waals surface area contributed by atoms with Crippen LogP contribution in [0.2, 0.25) is 0 Å². The molecule has 0 heterocycles. The highest BCUT2D eigenvalue weighted by Gasteiger charge is 1.91. The average Bonchev–Trinajstić information content (AvgIpc) is 2.26. The number of methoxy groups -OCH3 is 1. The third kappa shape index (κ3) is 15.2. The molecule has 0 fully saturated rings. The van der Waals surface area contributed by atoms with Crippen molar-refractivity contribution in [3.05, 3.63) is 24.8 Å². The molecule has 0 aromatic heterocycles. The van der Waals surface area contributed by atoms with Crippen molar-refractivity contribution < 1.29 is 24.2 Å². The zero-order valence-electron chi connectivity index (χ0n) is 8.93. The van der Waals surface area contributed by atoms with Gasteiger partial charge in [-0.2, -0.15) is 0 Å². The number of hydrogen-bond acceptors (Lipinski definition) is 5. The van der Waals surface area contributed by atoms with Crippen molar-refractivity contribution in [2.75, 3.05) is 20.3 Å². The summed E-state index contributed by atoms with van der Waals surface area (Å²) in [7, 11) is 1.31. The van der Waals surface area contributed by atoms with Crippen LogP contribution < -0.4 is 0 Å². The van der Waals surface area contributed by atoms with E-state index in [9.17, 15) is 9.59 Å². The van der Waals surface area contributed by atoms with Gasteiger partial charge < -0.3 is 14.6 Å². The maximum atomic E-state index is 10.4. The molecule has 5 heteroatoms. The van der Waals surface area contributed by atoms with Crippen LogP contribution in [0.5, 0.6) is 0 Å². The fourth-order valence-electron chi connectivity index (χ4n) is 0.414. The first-order valence-corrected chi connectivity index (χ1v) is 4.23. The largest absolute Gasteiger partial charge is 0.466 e. The van der Waals surface area contributed by atoms with Crippen LogP contribution in [0.25, 0.3) is 0 Å². The van der Waals surface area contributed by atoms with E-state index >= 15 is 0 Å². The van der Waals surface area contributed by atoms with Gasteiger partial charge in [0.25, 0.3) is 0 Å². The van der Waals surface area contributed by atoms with Crippen LogP contribution in [0.4, 0.5) is 0 Å². The molecule has 0 saturated heterocycles. The number of carbonyl (C=O) groups is 2. The summed E-state index contributed by atoms with van der Waals surface area (Å²) in [6.45, 7) is 4.83. The van der Waals surface area contributed by atoms with E-state index in [1.165, 1.54) is 13.2 Å². The number of hydrogen-bond donors (Lipinski definition) is 1. The summed E-state index contributed by atoms with van der Waals surface area (Å²) in [5.74, 6) is -0.804. The van der Waals surface area contributed by atoms with Crippen molar-refractivity contribution in [3.63, 3.8) is 0 Å². The van der Waals surface area contributed by atoms with Gasteiger partial charge in [0.2, 0.25) is 0 Å². The topological polar surface area (TPSA) is 72.8 Å². The molecular formula is C10H16O5. The summed E-state index contributed by atoms with van der Waals surface area (Å²) in [5.41, 5.74) is 0. The van der Waals surface area contributed by atoms with Gasteiger partial charge in [0.15, 0.2) is 0 Å². The summed E-state index contributed by atoms with van der Waals surface area (Å²) in [6.07, 6.45) is 4.00. The minimum atomic E-state index is -0.411. The molecule has 0 amide bonds. The predicted molar refractivity (Wildman–Crippen MR) is 55.1 cm³/mol. The molecule has 0 aliphatic carbocycles. The third-order valence-corrected chi connectivity index (χ3v) is 1.01. The lowest BCUT2D eigenvalue weighted by Gasteiger charge is -1.95. The first kappa shape index (κ1) is 15.8. The molecule has 0 spiro atoms. The van der Waals surface area contributed by atoms with Gasteiger partial charge in [0.1, 0.15) is 6.61 Å². The van der Waals surface area contributed by atoms with Gasteiger partial charge in [0.05, 0.1) is 13.7 Å². The Kier molecular flexibility index (Phi) is 13.1. The molecule has 0 radical (unpaired) electrons. The minimum absolute atomic E-state index is 0.0726. The van der Waals surface area contributed by atoms with Crippen molar-refractivity contribution >= 4 is 11.9 Å². The molecule has 0 aromatic carbocycles. The minimum Gasteiger partial charge on any atom is -0.466 e. The Morgan fingerprint density at radius 1 is 1.40 bits per heavy atom. The quantitative estimate of drug-likeness (QED) is 0.545. The fraction of sp³-hybridized carbons (Fsp3) is 0.400. The van der Waals surface area contributed by atoms with Crippen LogP contribution in [0.1, 0.15) is 6.92 Å². The molecule has 0 rings (SSSR count). The van der Waals surface area contributed by atoms with Crippen LogP contribution in [0.15, 0.2) is 24.8 Å². The Balaban J connectivity index is 0. The molecule has 0 saturated carbocycles. The molecule has 0 atom stereocenters. The number of allylic oxidation sites excluding steroid dienone is 1. The smallest absolute Gasteiger partial charge is 0.330 e. The van der Waals surface area contributed by atoms with E-state index in [1.807, 2.05) is 0 Å². The molecule has 15 heavy (non-hydrogen) atoms. The third-order valence-electron chi connectivity index (χ3n) is 1.01. The summed E-state index contributed by atoms with van der Waals surface area (Å²) >= 11 is 0. The van der Waals surface area contributed by atoms with E-state index in [-0.39, 0.29) is 13.2 Å². The number of aliphatic hydroxyl groups excluding tert-OH is 1. The zero-order chi connectivity index (χ0) is 12.1. The number of carbonyl (C=O) groups excluding carboxylic acids is 2. The van der Waals surface area contributed by atoms with Crippen molar-refractivity contribution in [2.24, 2.45) is 0 Å². The number of esters is 2. The average molecular weight is 216 g/mol. The Labute approximate surface area is 89.0 Å². The SMILES string of the molecule is C=CC(=O)OC.CC=CC(=O)OCCO. The molecule has 86 valence electrons. The molecule has 0 unspecified atom stereocenters. The van der Waals surface area contributed by atoms with Crippen molar-refractivity contribution in [1.29, 1.82) is 0 Å². The maximum Gasteiger partial charge on any atom is 0.330 e. The van der Waals surface area contributed by atoms with Crippen molar-refractivity contribution in [1.82, 2.24) is 0 Å². The molecule has 0 aliphatic rings. The lowest BCUT2D eigenvalue weighted by molar-refractivity contribution is -0.138. The first-order valence-electron chi connectivity index (χ1n) is 4.23. The summed E-state index contributed by atoms with van der Waals surface area (Å²) in [6, 6.07) is 0. The van der Waals surface area contributed by atoms with Crippen LogP contribution in [-0.4, -0.2) is 37.4 Å². The lowest BCUT2D eigenvalue weighted by Crippen LogP contribution is -2.04. The molecule has 0 aromatic rings. The Morgan fingerprint density at radius 3 is 2.27 bits per heavy atom.